The Labute approximate surface area is 168 Å². The van der Waals surface area contributed by atoms with Gasteiger partial charge in [0.15, 0.2) is 11.7 Å². The van der Waals surface area contributed by atoms with Gasteiger partial charge in [0.05, 0.1) is 11.8 Å². The lowest BCUT2D eigenvalue weighted by atomic mass is 10.1. The average Bonchev–Trinajstić information content (AvgIpc) is 3.19. The molecule has 0 aliphatic carbocycles. The van der Waals surface area contributed by atoms with Crippen LogP contribution in [0.25, 0.3) is 11.3 Å². The van der Waals surface area contributed by atoms with Gasteiger partial charge in [-0.1, -0.05) is 24.3 Å². The van der Waals surface area contributed by atoms with E-state index in [2.05, 4.69) is 10.3 Å². The van der Waals surface area contributed by atoms with Crippen molar-refractivity contribution < 1.29 is 18.4 Å². The van der Waals surface area contributed by atoms with E-state index in [0.717, 1.165) is 5.56 Å². The van der Waals surface area contributed by atoms with Crippen LogP contribution < -0.4 is 5.32 Å². The molecule has 1 N–H and O–H groups in total. The third-order valence-corrected chi connectivity index (χ3v) is 4.36. The Morgan fingerprint density at radius 3 is 2.52 bits per heavy atom. The minimum Gasteiger partial charge on any atom is -0.441 e. The Morgan fingerprint density at radius 1 is 1.10 bits per heavy atom. The van der Waals surface area contributed by atoms with Crippen molar-refractivity contribution in [2.24, 2.45) is 0 Å². The topological polar surface area (TPSA) is 75.4 Å². The van der Waals surface area contributed by atoms with E-state index in [1.165, 1.54) is 17.2 Å². The molecule has 2 aromatic carbocycles. The van der Waals surface area contributed by atoms with Gasteiger partial charge in [0.25, 0.3) is 5.91 Å². The molecule has 0 saturated carbocycles. The second kappa shape index (κ2) is 9.14. The molecule has 150 valence electrons. The first-order chi connectivity index (χ1) is 13.9. The Bertz CT molecular complexity index is 997. The van der Waals surface area contributed by atoms with E-state index >= 15 is 0 Å². The van der Waals surface area contributed by atoms with Gasteiger partial charge in [0, 0.05) is 39.0 Å². The standard InChI is InChI=1S/C22H22FN3O3/c1-26(2)22(28)16-9-7-15(8-10-16)13-24-20(27)11-12-21-25-14-19(29-21)17-5-3-4-6-18(17)23/h3-10,14H,11-13H2,1-2H3,(H,24,27). The maximum atomic E-state index is 13.8. The predicted octanol–water partition coefficient (Wildman–Crippen LogP) is 3.43. The number of nitrogens with one attached hydrogen (secondary N) is 1. The van der Waals surface area contributed by atoms with Crippen molar-refractivity contribution >= 4 is 11.8 Å². The van der Waals surface area contributed by atoms with Crippen LogP contribution in [0, 0.1) is 5.82 Å². The van der Waals surface area contributed by atoms with Gasteiger partial charge < -0.3 is 14.6 Å². The fourth-order valence-corrected chi connectivity index (χ4v) is 2.74. The molecule has 0 aliphatic heterocycles. The molecule has 0 radical (unpaired) electrons. The van der Waals surface area contributed by atoms with Crippen LogP contribution >= 0.6 is 0 Å². The summed E-state index contributed by atoms with van der Waals surface area (Å²) in [5.74, 6) is 0.118. The molecular weight excluding hydrogens is 373 g/mol. The van der Waals surface area contributed by atoms with Crippen LogP contribution in [0.4, 0.5) is 4.39 Å². The molecule has 0 spiro atoms. The Hall–Kier alpha value is -3.48. The molecule has 1 aromatic heterocycles. The Balaban J connectivity index is 1.48. The van der Waals surface area contributed by atoms with Crippen molar-refractivity contribution in [1.82, 2.24) is 15.2 Å². The van der Waals surface area contributed by atoms with Crippen molar-refractivity contribution in [3.8, 4) is 11.3 Å². The van der Waals surface area contributed by atoms with Crippen molar-refractivity contribution in [3.05, 3.63) is 77.6 Å². The molecule has 3 aromatic rings. The molecular formula is C22H22FN3O3. The summed E-state index contributed by atoms with van der Waals surface area (Å²) in [4.78, 5) is 29.6. The SMILES string of the molecule is CN(C)C(=O)c1ccc(CNC(=O)CCc2ncc(-c3ccccc3F)o2)cc1. The molecule has 0 aliphatic rings. The fourth-order valence-electron chi connectivity index (χ4n) is 2.74. The van der Waals surface area contributed by atoms with Crippen molar-refractivity contribution in [2.45, 2.75) is 19.4 Å². The van der Waals surface area contributed by atoms with Crippen LogP contribution in [0.1, 0.15) is 28.2 Å². The second-order valence-corrected chi connectivity index (χ2v) is 6.77. The fraction of sp³-hybridized carbons (Fsp3) is 0.227. The maximum Gasteiger partial charge on any atom is 0.253 e. The van der Waals surface area contributed by atoms with E-state index in [9.17, 15) is 14.0 Å². The molecule has 0 fully saturated rings. The summed E-state index contributed by atoms with van der Waals surface area (Å²) in [6.45, 7) is 0.362. The Morgan fingerprint density at radius 2 is 1.83 bits per heavy atom. The number of hydrogen-bond donors (Lipinski definition) is 1. The van der Waals surface area contributed by atoms with Crippen molar-refractivity contribution in [3.63, 3.8) is 0 Å². The summed E-state index contributed by atoms with van der Waals surface area (Å²) in [6, 6.07) is 13.4. The number of rotatable bonds is 7. The van der Waals surface area contributed by atoms with Gasteiger partial charge in [-0.05, 0) is 29.8 Å². The van der Waals surface area contributed by atoms with Crippen LogP contribution in [0.15, 0.2) is 59.1 Å². The number of aryl methyl sites for hydroxylation is 1. The normalized spacial score (nSPS) is 10.6. The van der Waals surface area contributed by atoms with Gasteiger partial charge >= 0.3 is 0 Å². The van der Waals surface area contributed by atoms with E-state index in [1.54, 1.807) is 44.4 Å². The minimum absolute atomic E-state index is 0.0683. The quantitative estimate of drug-likeness (QED) is 0.665. The predicted molar refractivity (Wildman–Crippen MR) is 107 cm³/mol. The lowest BCUT2D eigenvalue weighted by Gasteiger charge is -2.10. The van der Waals surface area contributed by atoms with Gasteiger partial charge in [-0.15, -0.1) is 0 Å². The highest BCUT2D eigenvalue weighted by atomic mass is 19.1. The highest BCUT2D eigenvalue weighted by molar-refractivity contribution is 5.93. The van der Waals surface area contributed by atoms with E-state index in [1.807, 2.05) is 12.1 Å². The monoisotopic (exact) mass is 395 g/mol. The first kappa shape index (κ1) is 20.3. The number of hydrogen-bond acceptors (Lipinski definition) is 4. The lowest BCUT2D eigenvalue weighted by Crippen LogP contribution is -2.23. The number of halogens is 1. The summed E-state index contributed by atoms with van der Waals surface area (Å²) in [7, 11) is 3.40. The number of benzene rings is 2. The van der Waals surface area contributed by atoms with Gasteiger partial charge in [0.1, 0.15) is 5.82 Å². The molecule has 29 heavy (non-hydrogen) atoms. The van der Waals surface area contributed by atoms with E-state index in [-0.39, 0.29) is 24.1 Å². The summed E-state index contributed by atoms with van der Waals surface area (Å²) in [5, 5.41) is 2.82. The summed E-state index contributed by atoms with van der Waals surface area (Å²) >= 11 is 0. The van der Waals surface area contributed by atoms with E-state index in [4.69, 9.17) is 4.42 Å². The Kier molecular flexibility index (Phi) is 6.39. The first-order valence-corrected chi connectivity index (χ1v) is 9.21. The molecule has 0 unspecified atom stereocenters. The zero-order valence-corrected chi connectivity index (χ0v) is 16.3. The number of oxazole rings is 1. The average molecular weight is 395 g/mol. The van der Waals surface area contributed by atoms with Crippen molar-refractivity contribution in [1.29, 1.82) is 0 Å². The number of aromatic nitrogens is 1. The van der Waals surface area contributed by atoms with Crippen LogP contribution in [-0.2, 0) is 17.8 Å². The highest BCUT2D eigenvalue weighted by Crippen LogP contribution is 2.23. The largest absolute Gasteiger partial charge is 0.441 e. The number of nitrogens with zero attached hydrogens (tertiary/aromatic N) is 2. The van der Waals surface area contributed by atoms with Crippen LogP contribution in [0.3, 0.4) is 0 Å². The molecule has 7 heteroatoms. The number of carbonyl (C=O) groups is 2. The van der Waals surface area contributed by atoms with Gasteiger partial charge in [-0.2, -0.15) is 0 Å². The number of carbonyl (C=O) groups excluding carboxylic acids is 2. The molecule has 1 heterocycles. The number of amides is 2. The zero-order chi connectivity index (χ0) is 20.8. The van der Waals surface area contributed by atoms with Crippen LogP contribution in [0.2, 0.25) is 0 Å². The van der Waals surface area contributed by atoms with E-state index in [0.29, 0.717) is 35.7 Å². The third kappa shape index (κ3) is 5.28. The molecule has 0 saturated heterocycles. The molecule has 2 amide bonds. The van der Waals surface area contributed by atoms with Crippen LogP contribution in [-0.4, -0.2) is 35.8 Å². The molecule has 6 nitrogen and oxygen atoms in total. The summed E-state index contributed by atoms with van der Waals surface area (Å²) in [5.41, 5.74) is 1.83. The zero-order valence-electron chi connectivity index (χ0n) is 16.3. The van der Waals surface area contributed by atoms with Gasteiger partial charge in [0.2, 0.25) is 5.91 Å². The van der Waals surface area contributed by atoms with E-state index < -0.39 is 0 Å². The lowest BCUT2D eigenvalue weighted by molar-refractivity contribution is -0.121. The highest BCUT2D eigenvalue weighted by Gasteiger charge is 2.12. The minimum atomic E-state index is -0.383. The smallest absolute Gasteiger partial charge is 0.253 e. The third-order valence-electron chi connectivity index (χ3n) is 4.36. The summed E-state index contributed by atoms with van der Waals surface area (Å²) < 4.78 is 19.3. The molecule has 0 bridgehead atoms. The van der Waals surface area contributed by atoms with Gasteiger partial charge in [-0.3, -0.25) is 9.59 Å². The maximum absolute atomic E-state index is 13.8. The van der Waals surface area contributed by atoms with Crippen LogP contribution in [0.5, 0.6) is 0 Å². The first-order valence-electron chi connectivity index (χ1n) is 9.21. The molecule has 0 atom stereocenters. The van der Waals surface area contributed by atoms with Gasteiger partial charge in [-0.25, -0.2) is 9.37 Å². The summed E-state index contributed by atoms with van der Waals surface area (Å²) in [6.07, 6.45) is 1.98. The molecule has 3 rings (SSSR count). The van der Waals surface area contributed by atoms with Crippen molar-refractivity contribution in [2.75, 3.05) is 14.1 Å². The second-order valence-electron chi connectivity index (χ2n) is 6.77.